The van der Waals surface area contributed by atoms with E-state index in [2.05, 4.69) is 41.0 Å². The summed E-state index contributed by atoms with van der Waals surface area (Å²) in [5, 5.41) is 15.7. The summed E-state index contributed by atoms with van der Waals surface area (Å²) >= 11 is 1.64. The summed E-state index contributed by atoms with van der Waals surface area (Å²) in [6.45, 7) is 0.259. The molecule has 0 spiro atoms. The third kappa shape index (κ3) is 3.71. The molecule has 31 heavy (non-hydrogen) atoms. The van der Waals surface area contributed by atoms with Crippen LogP contribution in [-0.4, -0.2) is 24.4 Å². The van der Waals surface area contributed by atoms with E-state index >= 15 is 0 Å². The van der Waals surface area contributed by atoms with E-state index in [1.165, 1.54) is 22.3 Å². The molecule has 4 aromatic rings. The van der Waals surface area contributed by atoms with Crippen LogP contribution in [0.25, 0.3) is 21.2 Å². The second kappa shape index (κ2) is 8.53. The number of nitrogens with one attached hydrogen (secondary N) is 1. The maximum atomic E-state index is 12.7. The first-order valence-electron chi connectivity index (χ1n) is 10.4. The second-order valence-electron chi connectivity index (χ2n) is 7.72. The number of benzene rings is 3. The van der Waals surface area contributed by atoms with Crippen LogP contribution in [0.15, 0.2) is 78.2 Å². The van der Waals surface area contributed by atoms with Crippen molar-refractivity contribution in [3.05, 3.63) is 94.9 Å². The van der Waals surface area contributed by atoms with E-state index < -0.39 is 6.09 Å². The highest BCUT2D eigenvalue weighted by molar-refractivity contribution is 7.17. The second-order valence-corrected chi connectivity index (χ2v) is 8.63. The van der Waals surface area contributed by atoms with E-state index in [4.69, 9.17) is 4.74 Å². The van der Waals surface area contributed by atoms with E-state index in [0.29, 0.717) is 6.42 Å². The number of fused-ring (bicyclic) bond motifs is 4. The van der Waals surface area contributed by atoms with Crippen molar-refractivity contribution in [2.45, 2.75) is 18.4 Å². The molecule has 1 aliphatic rings. The zero-order valence-electron chi connectivity index (χ0n) is 17.0. The van der Waals surface area contributed by atoms with Crippen LogP contribution in [0.3, 0.4) is 0 Å². The Bertz CT molecular complexity index is 1190. The number of carbonyl (C=O) groups excluding carboxylic acids is 1. The van der Waals surface area contributed by atoms with E-state index in [1.54, 1.807) is 11.3 Å². The Labute approximate surface area is 185 Å². The highest BCUT2D eigenvalue weighted by atomic mass is 32.1. The molecule has 0 bridgehead atoms. The molecule has 1 heterocycles. The average Bonchev–Trinajstić information content (AvgIpc) is 3.37. The fraction of sp³-hybridized carbons (Fsp3) is 0.192. The Hall–Kier alpha value is -3.15. The van der Waals surface area contributed by atoms with Gasteiger partial charge in [0.1, 0.15) is 6.61 Å². The van der Waals surface area contributed by atoms with Crippen molar-refractivity contribution >= 4 is 27.5 Å². The number of hydrogen-bond donors (Lipinski definition) is 2. The SMILES string of the molecule is O=C(NC(CCO)c1csc2ccccc12)OCC1c2ccccc2-c2ccccc21. The van der Waals surface area contributed by atoms with E-state index in [9.17, 15) is 9.90 Å². The van der Waals surface area contributed by atoms with Gasteiger partial charge in [-0.3, -0.25) is 0 Å². The number of ether oxygens (including phenoxy) is 1. The molecule has 0 fully saturated rings. The van der Waals surface area contributed by atoms with Crippen molar-refractivity contribution in [2.24, 2.45) is 0 Å². The lowest BCUT2D eigenvalue weighted by Gasteiger charge is -2.19. The topological polar surface area (TPSA) is 58.6 Å². The molecule has 0 radical (unpaired) electrons. The molecule has 3 aromatic carbocycles. The molecule has 156 valence electrons. The van der Waals surface area contributed by atoms with Crippen molar-refractivity contribution < 1.29 is 14.6 Å². The van der Waals surface area contributed by atoms with Gasteiger partial charge in [-0.05, 0) is 51.1 Å². The fourth-order valence-electron chi connectivity index (χ4n) is 4.49. The Morgan fingerprint density at radius 2 is 1.61 bits per heavy atom. The molecule has 1 amide bonds. The minimum absolute atomic E-state index is 0.0154. The van der Waals surface area contributed by atoms with Gasteiger partial charge in [-0.25, -0.2) is 4.79 Å². The number of amides is 1. The van der Waals surface area contributed by atoms with E-state index in [-0.39, 0.29) is 25.2 Å². The minimum Gasteiger partial charge on any atom is -0.449 e. The summed E-state index contributed by atoms with van der Waals surface area (Å²) in [7, 11) is 0. The van der Waals surface area contributed by atoms with Crippen molar-refractivity contribution in [2.75, 3.05) is 13.2 Å². The summed E-state index contributed by atoms with van der Waals surface area (Å²) in [5.74, 6) is 0.0245. The van der Waals surface area contributed by atoms with Gasteiger partial charge in [0, 0.05) is 17.2 Å². The van der Waals surface area contributed by atoms with Gasteiger partial charge in [-0.15, -0.1) is 11.3 Å². The largest absolute Gasteiger partial charge is 0.449 e. The van der Waals surface area contributed by atoms with Crippen LogP contribution in [-0.2, 0) is 4.74 Å². The highest BCUT2D eigenvalue weighted by Gasteiger charge is 2.29. The molecule has 5 heteroatoms. The van der Waals surface area contributed by atoms with Gasteiger partial charge in [-0.2, -0.15) is 0 Å². The summed E-state index contributed by atoms with van der Waals surface area (Å²) in [5.41, 5.74) is 5.80. The zero-order valence-corrected chi connectivity index (χ0v) is 17.8. The van der Waals surface area contributed by atoms with Crippen molar-refractivity contribution in [3.8, 4) is 11.1 Å². The maximum Gasteiger partial charge on any atom is 0.407 e. The molecule has 1 aromatic heterocycles. The van der Waals surface area contributed by atoms with Gasteiger partial charge < -0.3 is 15.2 Å². The predicted octanol–water partition coefficient (Wildman–Crippen LogP) is 5.86. The Morgan fingerprint density at radius 3 is 2.32 bits per heavy atom. The third-order valence-corrected chi connectivity index (χ3v) is 6.92. The van der Waals surface area contributed by atoms with Crippen molar-refractivity contribution in [1.82, 2.24) is 5.32 Å². The number of aliphatic hydroxyl groups excluding tert-OH is 1. The van der Waals surface area contributed by atoms with Crippen LogP contribution in [0, 0.1) is 0 Å². The summed E-state index contributed by atoms with van der Waals surface area (Å²) in [6, 6.07) is 24.4. The minimum atomic E-state index is -0.462. The van der Waals surface area contributed by atoms with Crippen LogP contribution < -0.4 is 5.32 Å². The van der Waals surface area contributed by atoms with Gasteiger partial charge in [0.05, 0.1) is 6.04 Å². The molecule has 1 aliphatic carbocycles. The summed E-state index contributed by atoms with van der Waals surface area (Å²) in [4.78, 5) is 12.7. The lowest BCUT2D eigenvalue weighted by Crippen LogP contribution is -2.30. The molecule has 2 N–H and O–H groups in total. The first-order valence-corrected chi connectivity index (χ1v) is 11.3. The molecule has 4 nitrogen and oxygen atoms in total. The number of alkyl carbamates (subject to hydrolysis) is 1. The van der Waals surface area contributed by atoms with Crippen LogP contribution in [0.1, 0.15) is 35.1 Å². The highest BCUT2D eigenvalue weighted by Crippen LogP contribution is 2.44. The molecular weight excluding hydrogens is 406 g/mol. The number of aliphatic hydroxyl groups is 1. The molecule has 0 saturated carbocycles. The van der Waals surface area contributed by atoms with Gasteiger partial charge >= 0.3 is 6.09 Å². The van der Waals surface area contributed by atoms with Gasteiger partial charge in [0.25, 0.3) is 0 Å². The van der Waals surface area contributed by atoms with E-state index in [1.807, 2.05) is 42.5 Å². The molecular formula is C26H23NO3S. The number of rotatable bonds is 6. The number of hydrogen-bond acceptors (Lipinski definition) is 4. The predicted molar refractivity (Wildman–Crippen MR) is 124 cm³/mol. The lowest BCUT2D eigenvalue weighted by molar-refractivity contribution is 0.137. The Morgan fingerprint density at radius 1 is 0.968 bits per heavy atom. The fourth-order valence-corrected chi connectivity index (χ4v) is 5.50. The maximum absolute atomic E-state index is 12.7. The van der Waals surface area contributed by atoms with Crippen molar-refractivity contribution in [3.63, 3.8) is 0 Å². The van der Waals surface area contributed by atoms with Gasteiger partial charge in [0.15, 0.2) is 0 Å². The smallest absolute Gasteiger partial charge is 0.407 e. The van der Waals surface area contributed by atoms with Crippen molar-refractivity contribution in [1.29, 1.82) is 0 Å². The summed E-state index contributed by atoms with van der Waals surface area (Å²) in [6.07, 6.45) is -0.0270. The molecule has 5 rings (SSSR count). The lowest BCUT2D eigenvalue weighted by atomic mass is 9.98. The standard InChI is InChI=1S/C26H23NO3S/c28-14-13-24(23-16-31-25-12-6-5-11-21(23)25)27-26(29)30-15-22-19-9-3-1-7-17(19)18-8-2-4-10-20(18)22/h1-12,16,22,24,28H,13-15H2,(H,27,29). The first kappa shape index (κ1) is 19.8. The normalized spacial score (nSPS) is 13.6. The molecule has 0 saturated heterocycles. The zero-order chi connectivity index (χ0) is 21.2. The first-order chi connectivity index (χ1) is 15.3. The number of thiophene rings is 1. The molecule has 0 aliphatic heterocycles. The van der Waals surface area contributed by atoms with Crippen LogP contribution >= 0.6 is 11.3 Å². The average molecular weight is 430 g/mol. The summed E-state index contributed by atoms with van der Waals surface area (Å²) < 4.78 is 6.86. The van der Waals surface area contributed by atoms with Gasteiger partial charge in [0.2, 0.25) is 0 Å². The van der Waals surface area contributed by atoms with Crippen LogP contribution in [0.5, 0.6) is 0 Å². The molecule has 1 unspecified atom stereocenters. The third-order valence-electron chi connectivity index (χ3n) is 5.94. The molecule has 1 atom stereocenters. The van der Waals surface area contributed by atoms with Crippen LogP contribution in [0.4, 0.5) is 4.79 Å². The Balaban J connectivity index is 1.32. The van der Waals surface area contributed by atoms with Crippen LogP contribution in [0.2, 0.25) is 0 Å². The monoisotopic (exact) mass is 429 g/mol. The quantitative estimate of drug-likeness (QED) is 0.403. The van der Waals surface area contributed by atoms with Gasteiger partial charge in [-0.1, -0.05) is 66.7 Å². The number of carbonyl (C=O) groups is 1. The van der Waals surface area contributed by atoms with E-state index in [0.717, 1.165) is 15.6 Å². The Kier molecular flexibility index (Phi) is 5.45.